The van der Waals surface area contributed by atoms with Crippen molar-refractivity contribution in [2.45, 2.75) is 13.8 Å². The summed E-state index contributed by atoms with van der Waals surface area (Å²) in [6.45, 7) is 8.79. The predicted octanol–water partition coefficient (Wildman–Crippen LogP) is 1.37. The van der Waals surface area contributed by atoms with Gasteiger partial charge in [0.1, 0.15) is 0 Å². The summed E-state index contributed by atoms with van der Waals surface area (Å²) in [5, 5.41) is 3.21. The molecule has 2 nitrogen and oxygen atoms in total. The molecule has 0 saturated heterocycles. The Balaban J connectivity index is 2.38. The Morgan fingerprint density at radius 2 is 2.17 bits per heavy atom. The summed E-state index contributed by atoms with van der Waals surface area (Å²) in [7, 11) is 0. The molecular weight excluding hydrogens is 148 g/mol. The van der Waals surface area contributed by atoms with E-state index >= 15 is 0 Å². The highest BCUT2D eigenvalue weighted by Crippen LogP contribution is 2.01. The van der Waals surface area contributed by atoms with Crippen molar-refractivity contribution in [3.05, 3.63) is 23.9 Å². The van der Waals surface area contributed by atoms with Gasteiger partial charge >= 0.3 is 0 Å². The zero-order valence-electron chi connectivity index (χ0n) is 8.01. The van der Waals surface area contributed by atoms with Gasteiger partial charge in [0.15, 0.2) is 0 Å². The van der Waals surface area contributed by atoms with Crippen molar-refractivity contribution in [2.24, 2.45) is 0 Å². The van der Waals surface area contributed by atoms with Crippen LogP contribution in [0.2, 0.25) is 0 Å². The molecule has 1 rings (SSSR count). The van der Waals surface area contributed by atoms with Gasteiger partial charge in [0, 0.05) is 13.1 Å². The van der Waals surface area contributed by atoms with E-state index in [0.717, 1.165) is 26.2 Å². The van der Waals surface area contributed by atoms with Gasteiger partial charge < -0.3 is 5.32 Å². The molecule has 0 aromatic carbocycles. The van der Waals surface area contributed by atoms with Crippen molar-refractivity contribution >= 4 is 0 Å². The van der Waals surface area contributed by atoms with E-state index in [9.17, 15) is 0 Å². The van der Waals surface area contributed by atoms with Crippen LogP contribution in [0.5, 0.6) is 0 Å². The minimum Gasteiger partial charge on any atom is -0.387 e. The lowest BCUT2D eigenvalue weighted by atomic mass is 10.2. The fourth-order valence-electron chi connectivity index (χ4n) is 1.34. The van der Waals surface area contributed by atoms with E-state index in [2.05, 4.69) is 36.2 Å². The number of hydrogen-bond acceptors (Lipinski definition) is 2. The predicted molar refractivity (Wildman–Crippen MR) is 53.0 cm³/mol. The molecule has 68 valence electrons. The third kappa shape index (κ3) is 2.70. The molecule has 0 aromatic rings. The van der Waals surface area contributed by atoms with Gasteiger partial charge in [-0.1, -0.05) is 19.9 Å². The molecule has 1 N–H and O–H groups in total. The van der Waals surface area contributed by atoms with Crippen molar-refractivity contribution in [1.29, 1.82) is 0 Å². The Morgan fingerprint density at radius 3 is 2.67 bits per heavy atom. The van der Waals surface area contributed by atoms with Crippen LogP contribution >= 0.6 is 0 Å². The van der Waals surface area contributed by atoms with E-state index in [1.165, 1.54) is 5.57 Å². The van der Waals surface area contributed by atoms with Gasteiger partial charge in [-0.05, 0) is 30.9 Å². The zero-order valence-corrected chi connectivity index (χ0v) is 8.01. The fraction of sp³-hybridized carbons (Fsp3) is 0.600. The van der Waals surface area contributed by atoms with Crippen LogP contribution in [0, 0.1) is 0 Å². The number of hydrogen-bond donors (Lipinski definition) is 1. The fourth-order valence-corrected chi connectivity index (χ4v) is 1.34. The number of allylic oxidation sites excluding steroid dienone is 2. The smallest absolute Gasteiger partial charge is 0.0370 e. The van der Waals surface area contributed by atoms with Crippen molar-refractivity contribution < 1.29 is 0 Å². The van der Waals surface area contributed by atoms with Crippen LogP contribution in [0.15, 0.2) is 23.9 Å². The summed E-state index contributed by atoms with van der Waals surface area (Å²) in [5.74, 6) is 0. The average molecular weight is 166 g/mol. The highest BCUT2D eigenvalue weighted by atomic mass is 15.1. The minimum atomic E-state index is 1.01. The summed E-state index contributed by atoms with van der Waals surface area (Å²) in [6.07, 6.45) is 6.27. The normalized spacial score (nSPS) is 16.1. The van der Waals surface area contributed by atoms with Crippen LogP contribution < -0.4 is 5.32 Å². The first-order valence-electron chi connectivity index (χ1n) is 4.67. The molecule has 0 aliphatic carbocycles. The van der Waals surface area contributed by atoms with E-state index in [1.807, 2.05) is 6.20 Å². The maximum atomic E-state index is 3.21. The molecule has 0 spiro atoms. The van der Waals surface area contributed by atoms with E-state index in [1.54, 1.807) is 0 Å². The Morgan fingerprint density at radius 1 is 1.42 bits per heavy atom. The molecule has 0 bridgehead atoms. The molecular formula is C10H18N2. The van der Waals surface area contributed by atoms with Crippen LogP contribution in [0.4, 0.5) is 0 Å². The van der Waals surface area contributed by atoms with E-state index < -0.39 is 0 Å². The minimum absolute atomic E-state index is 1.01. The van der Waals surface area contributed by atoms with Gasteiger partial charge in [0.2, 0.25) is 0 Å². The largest absolute Gasteiger partial charge is 0.387 e. The third-order valence-electron chi connectivity index (χ3n) is 2.20. The molecule has 1 aliphatic heterocycles. The van der Waals surface area contributed by atoms with E-state index in [0.29, 0.717) is 0 Å². The lowest BCUT2D eigenvalue weighted by Crippen LogP contribution is -2.28. The second-order valence-electron chi connectivity index (χ2n) is 3.03. The van der Waals surface area contributed by atoms with Gasteiger partial charge in [-0.25, -0.2) is 0 Å². The second kappa shape index (κ2) is 4.99. The first-order valence-corrected chi connectivity index (χ1v) is 4.67. The quantitative estimate of drug-likeness (QED) is 0.678. The van der Waals surface area contributed by atoms with Crippen molar-refractivity contribution in [3.63, 3.8) is 0 Å². The van der Waals surface area contributed by atoms with Crippen LogP contribution in [0.3, 0.4) is 0 Å². The molecule has 12 heavy (non-hydrogen) atoms. The molecule has 1 heterocycles. The molecule has 1 aliphatic rings. The Labute approximate surface area is 74.9 Å². The van der Waals surface area contributed by atoms with Crippen molar-refractivity contribution in [3.8, 4) is 0 Å². The number of likely N-dealkylation sites (N-methyl/N-ethyl adjacent to an activating group) is 1. The molecule has 0 saturated carbocycles. The highest BCUT2D eigenvalue weighted by Gasteiger charge is 2.03. The Kier molecular flexibility index (Phi) is 3.88. The molecule has 2 heteroatoms. The van der Waals surface area contributed by atoms with Gasteiger partial charge in [-0.15, -0.1) is 0 Å². The summed E-state index contributed by atoms with van der Waals surface area (Å²) < 4.78 is 0. The number of nitrogens with zero attached hydrogens (tertiary/aromatic N) is 1. The Bertz CT molecular complexity index is 178. The number of dihydropyridines is 1. The maximum Gasteiger partial charge on any atom is 0.0370 e. The van der Waals surface area contributed by atoms with Crippen LogP contribution in [0.25, 0.3) is 0 Å². The van der Waals surface area contributed by atoms with Crippen LogP contribution in [-0.4, -0.2) is 31.1 Å². The summed E-state index contributed by atoms with van der Waals surface area (Å²) in [5.41, 5.74) is 1.47. The average Bonchev–Trinajstić information content (AvgIpc) is 2.16. The Hall–Kier alpha value is -0.760. The summed E-state index contributed by atoms with van der Waals surface area (Å²) >= 11 is 0. The van der Waals surface area contributed by atoms with Crippen LogP contribution in [-0.2, 0) is 0 Å². The SMILES string of the molecule is CCN(CC)CC1=CC=CNC1. The molecule has 0 amide bonds. The molecule has 0 radical (unpaired) electrons. The first-order chi connectivity index (χ1) is 5.86. The monoisotopic (exact) mass is 166 g/mol. The lowest BCUT2D eigenvalue weighted by Gasteiger charge is -2.21. The number of nitrogens with one attached hydrogen (secondary N) is 1. The van der Waals surface area contributed by atoms with Crippen molar-refractivity contribution in [1.82, 2.24) is 10.2 Å². The summed E-state index contributed by atoms with van der Waals surface area (Å²) in [6, 6.07) is 0. The zero-order chi connectivity index (χ0) is 8.81. The first kappa shape index (κ1) is 9.33. The second-order valence-corrected chi connectivity index (χ2v) is 3.03. The van der Waals surface area contributed by atoms with E-state index in [-0.39, 0.29) is 0 Å². The van der Waals surface area contributed by atoms with Crippen molar-refractivity contribution in [2.75, 3.05) is 26.2 Å². The number of rotatable bonds is 4. The van der Waals surface area contributed by atoms with Gasteiger partial charge in [0.05, 0.1) is 0 Å². The highest BCUT2D eigenvalue weighted by molar-refractivity contribution is 5.19. The molecule has 0 aromatic heterocycles. The van der Waals surface area contributed by atoms with Crippen LogP contribution in [0.1, 0.15) is 13.8 Å². The third-order valence-corrected chi connectivity index (χ3v) is 2.20. The van der Waals surface area contributed by atoms with Gasteiger partial charge in [-0.3, -0.25) is 4.90 Å². The molecule has 0 fully saturated rings. The summed E-state index contributed by atoms with van der Waals surface area (Å²) in [4.78, 5) is 2.42. The van der Waals surface area contributed by atoms with Gasteiger partial charge in [-0.2, -0.15) is 0 Å². The molecule has 0 atom stereocenters. The maximum absolute atomic E-state index is 3.21. The van der Waals surface area contributed by atoms with E-state index in [4.69, 9.17) is 0 Å². The lowest BCUT2D eigenvalue weighted by molar-refractivity contribution is 0.327. The molecule has 0 unspecified atom stereocenters. The standard InChI is InChI=1S/C10H18N2/c1-3-12(4-2)9-10-6-5-7-11-8-10/h5-7,11H,3-4,8-9H2,1-2H3. The van der Waals surface area contributed by atoms with Gasteiger partial charge in [0.25, 0.3) is 0 Å². The topological polar surface area (TPSA) is 15.3 Å².